The molecule has 1 fully saturated rings. The largest absolute Gasteiger partial charge is 0.459 e. The molecular formula is C21H23F3N4O3. The topological polar surface area (TPSA) is 84.1 Å². The van der Waals surface area contributed by atoms with E-state index in [9.17, 15) is 22.8 Å². The Labute approximate surface area is 175 Å². The maximum atomic E-state index is 13.6. The molecule has 0 bridgehead atoms. The van der Waals surface area contributed by atoms with Crippen molar-refractivity contribution >= 4 is 16.9 Å². The van der Waals surface area contributed by atoms with Crippen LogP contribution in [0.25, 0.3) is 11.0 Å². The van der Waals surface area contributed by atoms with Crippen molar-refractivity contribution in [2.24, 2.45) is 0 Å². The number of nitrogens with one attached hydrogen (secondary N) is 1. The van der Waals surface area contributed by atoms with Crippen LogP contribution in [-0.4, -0.2) is 38.7 Å². The van der Waals surface area contributed by atoms with Gasteiger partial charge in [0.2, 0.25) is 0 Å². The summed E-state index contributed by atoms with van der Waals surface area (Å²) in [5.74, 6) is -0.313. The van der Waals surface area contributed by atoms with E-state index >= 15 is 0 Å². The Hall–Kier alpha value is -3.04. The van der Waals surface area contributed by atoms with Gasteiger partial charge in [0, 0.05) is 19.1 Å². The molecule has 1 aliphatic heterocycles. The van der Waals surface area contributed by atoms with Crippen molar-refractivity contribution < 1.29 is 22.4 Å². The molecular weight excluding hydrogens is 413 g/mol. The molecule has 1 atom stereocenters. The summed E-state index contributed by atoms with van der Waals surface area (Å²) in [5, 5.41) is 2.86. The maximum absolute atomic E-state index is 13.6. The number of carbonyl (C=O) groups excluding carboxylic acids is 1. The first kappa shape index (κ1) is 21.2. The van der Waals surface area contributed by atoms with E-state index in [0.717, 1.165) is 6.07 Å². The minimum absolute atomic E-state index is 0.0262. The van der Waals surface area contributed by atoms with Gasteiger partial charge in [0.15, 0.2) is 11.4 Å². The van der Waals surface area contributed by atoms with Crippen molar-refractivity contribution in [2.45, 2.75) is 51.2 Å². The molecule has 1 saturated heterocycles. The van der Waals surface area contributed by atoms with Gasteiger partial charge in [-0.2, -0.15) is 13.2 Å². The lowest BCUT2D eigenvalue weighted by atomic mass is 9.87. The van der Waals surface area contributed by atoms with Crippen molar-refractivity contribution in [2.75, 3.05) is 13.1 Å². The molecule has 0 saturated carbocycles. The number of pyridine rings is 1. The fourth-order valence-electron chi connectivity index (χ4n) is 4.09. The van der Waals surface area contributed by atoms with Crippen LogP contribution in [0.5, 0.6) is 0 Å². The molecule has 4 heterocycles. The molecule has 1 amide bonds. The molecule has 0 aromatic carbocycles. The summed E-state index contributed by atoms with van der Waals surface area (Å²) < 4.78 is 47.3. The van der Waals surface area contributed by atoms with Crippen LogP contribution in [-0.2, 0) is 6.18 Å². The highest BCUT2D eigenvalue weighted by atomic mass is 19.4. The van der Waals surface area contributed by atoms with Gasteiger partial charge in [-0.15, -0.1) is 0 Å². The van der Waals surface area contributed by atoms with Crippen LogP contribution >= 0.6 is 0 Å². The zero-order valence-electron chi connectivity index (χ0n) is 17.2. The van der Waals surface area contributed by atoms with Gasteiger partial charge >= 0.3 is 6.18 Å². The number of halogens is 3. The molecule has 10 heteroatoms. The first-order valence-electron chi connectivity index (χ1n) is 10.3. The van der Waals surface area contributed by atoms with E-state index in [1.54, 1.807) is 17.0 Å². The van der Waals surface area contributed by atoms with E-state index in [4.69, 9.17) is 4.42 Å². The summed E-state index contributed by atoms with van der Waals surface area (Å²) >= 11 is 0. The van der Waals surface area contributed by atoms with Gasteiger partial charge in [0.05, 0.1) is 11.6 Å². The second kappa shape index (κ2) is 7.90. The van der Waals surface area contributed by atoms with Gasteiger partial charge in [-0.1, -0.05) is 6.92 Å². The fourth-order valence-corrected chi connectivity index (χ4v) is 4.09. The van der Waals surface area contributed by atoms with Crippen LogP contribution in [0.2, 0.25) is 0 Å². The normalized spacial score (nSPS) is 16.7. The summed E-state index contributed by atoms with van der Waals surface area (Å²) in [6.45, 7) is 4.42. The Balaban J connectivity index is 1.71. The number of amides is 1. The third kappa shape index (κ3) is 3.86. The Morgan fingerprint density at radius 2 is 2.06 bits per heavy atom. The summed E-state index contributed by atoms with van der Waals surface area (Å²) in [4.78, 5) is 30.6. The Morgan fingerprint density at radius 3 is 2.65 bits per heavy atom. The lowest BCUT2D eigenvalue weighted by Gasteiger charge is -2.32. The molecule has 0 spiro atoms. The molecule has 1 aliphatic rings. The Morgan fingerprint density at radius 1 is 1.35 bits per heavy atom. The van der Waals surface area contributed by atoms with E-state index < -0.39 is 17.4 Å². The lowest BCUT2D eigenvalue weighted by Crippen LogP contribution is -2.38. The number of alkyl halides is 3. The zero-order chi connectivity index (χ0) is 22.3. The van der Waals surface area contributed by atoms with E-state index in [-0.39, 0.29) is 34.7 Å². The molecule has 0 aliphatic carbocycles. The van der Waals surface area contributed by atoms with Gasteiger partial charge < -0.3 is 9.32 Å². The van der Waals surface area contributed by atoms with Crippen molar-refractivity contribution in [3.63, 3.8) is 0 Å². The number of likely N-dealkylation sites (tertiary alicyclic amines) is 1. The Kier molecular flexibility index (Phi) is 5.40. The maximum Gasteiger partial charge on any atom is 0.433 e. The smallest absolute Gasteiger partial charge is 0.433 e. The first-order chi connectivity index (χ1) is 14.7. The summed E-state index contributed by atoms with van der Waals surface area (Å²) in [5.41, 5.74) is -1.09. The van der Waals surface area contributed by atoms with Crippen LogP contribution in [0.1, 0.15) is 66.9 Å². The van der Waals surface area contributed by atoms with Gasteiger partial charge in [0.25, 0.3) is 11.5 Å². The van der Waals surface area contributed by atoms with Crippen molar-refractivity contribution in [1.82, 2.24) is 19.7 Å². The monoisotopic (exact) mass is 436 g/mol. The number of nitrogens with zero attached hydrogens (tertiary/aromatic N) is 3. The van der Waals surface area contributed by atoms with Gasteiger partial charge in [-0.25, -0.2) is 4.98 Å². The number of piperidine rings is 1. The summed E-state index contributed by atoms with van der Waals surface area (Å²) in [6.07, 6.45) is -1.71. The Bertz CT molecular complexity index is 1140. The average molecular weight is 436 g/mol. The van der Waals surface area contributed by atoms with Crippen LogP contribution < -0.4 is 5.56 Å². The van der Waals surface area contributed by atoms with Gasteiger partial charge in [-0.3, -0.25) is 19.4 Å². The molecule has 7 nitrogen and oxygen atoms in total. The van der Waals surface area contributed by atoms with Crippen LogP contribution in [0.4, 0.5) is 13.2 Å². The number of H-pyrrole nitrogens is 1. The molecule has 0 unspecified atom stereocenters. The molecule has 4 rings (SSSR count). The van der Waals surface area contributed by atoms with Crippen LogP contribution in [0.15, 0.2) is 33.7 Å². The number of furan rings is 1. The number of hydrogen-bond acceptors (Lipinski definition) is 4. The van der Waals surface area contributed by atoms with Crippen LogP contribution in [0.3, 0.4) is 0 Å². The van der Waals surface area contributed by atoms with E-state index in [1.165, 1.54) is 10.9 Å². The predicted molar refractivity (Wildman–Crippen MR) is 107 cm³/mol. The highest BCUT2D eigenvalue weighted by molar-refractivity contribution is 5.91. The third-order valence-electron chi connectivity index (χ3n) is 5.98. The van der Waals surface area contributed by atoms with Gasteiger partial charge in [0.1, 0.15) is 5.69 Å². The van der Waals surface area contributed by atoms with Gasteiger partial charge in [-0.05, 0) is 55.9 Å². The molecule has 3 aromatic rings. The standard InChI is InChI=1S/C21H23F3N4O3/c1-3-12(2)28-18-17(19(29)26-28)14(11-16(25-18)21(22,23)24)13-6-8-27(9-7-13)20(30)15-5-4-10-31-15/h4-5,10-13H,3,6-9H2,1-2H3,(H,26,29)/t12-/m1/s1. The minimum atomic E-state index is -4.63. The number of aromatic amines is 1. The predicted octanol–water partition coefficient (Wildman–Crippen LogP) is 4.33. The number of fused-ring (bicyclic) bond motifs is 1. The third-order valence-corrected chi connectivity index (χ3v) is 5.98. The van der Waals surface area contributed by atoms with Crippen molar-refractivity contribution in [3.05, 3.63) is 51.8 Å². The molecule has 166 valence electrons. The quantitative estimate of drug-likeness (QED) is 0.660. The number of aromatic nitrogens is 3. The van der Waals surface area contributed by atoms with E-state index in [1.807, 2.05) is 13.8 Å². The van der Waals surface area contributed by atoms with E-state index in [2.05, 4.69) is 10.1 Å². The molecule has 3 aromatic heterocycles. The molecule has 1 N–H and O–H groups in total. The lowest BCUT2D eigenvalue weighted by molar-refractivity contribution is -0.141. The van der Waals surface area contributed by atoms with Crippen molar-refractivity contribution in [3.8, 4) is 0 Å². The first-order valence-corrected chi connectivity index (χ1v) is 10.3. The second-order valence-electron chi connectivity index (χ2n) is 7.91. The second-order valence-corrected chi connectivity index (χ2v) is 7.91. The van der Waals surface area contributed by atoms with Crippen LogP contribution in [0, 0.1) is 0 Å². The molecule has 0 radical (unpaired) electrons. The highest BCUT2D eigenvalue weighted by Gasteiger charge is 2.36. The molecule has 31 heavy (non-hydrogen) atoms. The average Bonchev–Trinajstić information content (AvgIpc) is 3.40. The summed E-state index contributed by atoms with van der Waals surface area (Å²) in [6, 6.07) is 3.99. The highest BCUT2D eigenvalue weighted by Crippen LogP contribution is 2.37. The number of hydrogen-bond donors (Lipinski definition) is 1. The minimum Gasteiger partial charge on any atom is -0.459 e. The summed E-state index contributed by atoms with van der Waals surface area (Å²) in [7, 11) is 0. The number of carbonyl (C=O) groups is 1. The SMILES string of the molecule is CC[C@@H](C)n1[nH]c(=O)c2c(C3CCN(C(=O)c4ccco4)CC3)cc(C(F)(F)F)nc21. The fraction of sp³-hybridized carbons (Fsp3) is 0.476. The van der Waals surface area contributed by atoms with Crippen molar-refractivity contribution in [1.29, 1.82) is 0 Å². The zero-order valence-corrected chi connectivity index (χ0v) is 17.2. The number of rotatable bonds is 4. The van der Waals surface area contributed by atoms with E-state index in [0.29, 0.717) is 37.9 Å².